The first-order valence-electron chi connectivity index (χ1n) is 10.7. The van der Waals surface area contributed by atoms with E-state index in [9.17, 15) is 5.11 Å². The zero-order valence-electron chi connectivity index (χ0n) is 19.1. The van der Waals surface area contributed by atoms with E-state index < -0.39 is 6.10 Å². The molecule has 0 amide bonds. The van der Waals surface area contributed by atoms with Crippen molar-refractivity contribution in [3.05, 3.63) is 64.9 Å². The maximum absolute atomic E-state index is 9.63. The molecule has 0 bridgehead atoms. The van der Waals surface area contributed by atoms with Gasteiger partial charge in [0, 0.05) is 5.56 Å². The van der Waals surface area contributed by atoms with Crippen LogP contribution in [0.15, 0.2) is 47.5 Å². The van der Waals surface area contributed by atoms with E-state index in [1.165, 1.54) is 6.33 Å². The van der Waals surface area contributed by atoms with Gasteiger partial charge in [-0.25, -0.2) is 19.6 Å². The number of nitrogens with zero attached hydrogens (tertiary/aromatic N) is 6. The molecule has 0 radical (unpaired) electrons. The molecule has 9 heteroatoms. The number of rotatable bonds is 3. The molecular weight excluding hydrogens is 446 g/mol. The van der Waals surface area contributed by atoms with Crippen molar-refractivity contribution in [2.45, 2.75) is 33.4 Å². The number of hydrogen-bond acceptors (Lipinski definition) is 8. The molecule has 4 aromatic rings. The van der Waals surface area contributed by atoms with Crippen molar-refractivity contribution in [2.75, 3.05) is 10.6 Å². The normalized spacial score (nSPS) is 13.9. The molecule has 1 unspecified atom stereocenters. The minimum atomic E-state index is -0.797. The molecule has 0 fully saturated rings. The molecule has 5 rings (SSSR count). The van der Waals surface area contributed by atoms with Crippen LogP contribution in [0.2, 0.25) is 0 Å². The number of anilines is 2. The van der Waals surface area contributed by atoms with E-state index in [4.69, 9.17) is 10.7 Å². The fourth-order valence-electron chi connectivity index (χ4n) is 4.04. The van der Waals surface area contributed by atoms with Gasteiger partial charge in [0.25, 0.3) is 0 Å². The number of nitrogens with two attached hydrogens (primary N) is 1. The SMILES string of the molecule is C=C1c2c(C)csc2N=C(Cn2nc(C#CC(C)O)c3c(N)ncnc32)N1c1ccccc1C. The Morgan fingerprint density at radius 1 is 1.21 bits per heavy atom. The van der Waals surface area contributed by atoms with Gasteiger partial charge in [-0.2, -0.15) is 5.10 Å². The molecule has 1 atom stereocenters. The van der Waals surface area contributed by atoms with Gasteiger partial charge in [0.2, 0.25) is 0 Å². The number of aliphatic hydroxyl groups excluding tert-OH is 1. The van der Waals surface area contributed by atoms with Crippen LogP contribution in [0.25, 0.3) is 16.7 Å². The number of fused-ring (bicyclic) bond motifs is 2. The summed E-state index contributed by atoms with van der Waals surface area (Å²) >= 11 is 1.59. The molecule has 0 saturated carbocycles. The molecule has 4 heterocycles. The topological polar surface area (TPSA) is 105 Å². The largest absolute Gasteiger partial charge is 0.383 e. The first-order chi connectivity index (χ1) is 16.3. The molecule has 170 valence electrons. The van der Waals surface area contributed by atoms with E-state index in [1.807, 2.05) is 12.1 Å². The quantitative estimate of drug-likeness (QED) is 0.439. The van der Waals surface area contributed by atoms with Gasteiger partial charge in [0.15, 0.2) is 5.65 Å². The van der Waals surface area contributed by atoms with Crippen LogP contribution in [-0.4, -0.2) is 36.8 Å². The maximum atomic E-state index is 9.63. The number of amidine groups is 1. The average molecular weight is 470 g/mol. The number of aryl methyl sites for hydroxylation is 2. The van der Waals surface area contributed by atoms with Crippen LogP contribution >= 0.6 is 11.3 Å². The smallest absolute Gasteiger partial charge is 0.165 e. The summed E-state index contributed by atoms with van der Waals surface area (Å²) in [5, 5.41) is 17.9. The van der Waals surface area contributed by atoms with E-state index in [0.717, 1.165) is 38.9 Å². The summed E-state index contributed by atoms with van der Waals surface area (Å²) in [6.07, 6.45) is 0.609. The maximum Gasteiger partial charge on any atom is 0.165 e. The van der Waals surface area contributed by atoms with Crippen LogP contribution in [0, 0.1) is 25.7 Å². The number of aromatic nitrogens is 4. The number of aliphatic imine (C=N–C) groups is 1. The zero-order valence-corrected chi connectivity index (χ0v) is 19.9. The van der Waals surface area contributed by atoms with E-state index in [1.54, 1.807) is 22.9 Å². The summed E-state index contributed by atoms with van der Waals surface area (Å²) in [6, 6.07) is 8.14. The molecule has 3 N–H and O–H groups in total. The number of nitrogen functional groups attached to an aromatic ring is 1. The van der Waals surface area contributed by atoms with Gasteiger partial charge in [-0.05, 0) is 49.3 Å². The van der Waals surface area contributed by atoms with Crippen molar-refractivity contribution in [1.82, 2.24) is 19.7 Å². The highest BCUT2D eigenvalue weighted by atomic mass is 32.1. The molecular formula is C25H23N7OS. The highest BCUT2D eigenvalue weighted by molar-refractivity contribution is 7.14. The van der Waals surface area contributed by atoms with Gasteiger partial charge in [0.1, 0.15) is 41.3 Å². The second-order valence-electron chi connectivity index (χ2n) is 8.10. The second kappa shape index (κ2) is 8.41. The van der Waals surface area contributed by atoms with Crippen molar-refractivity contribution >= 4 is 50.4 Å². The first-order valence-corrected chi connectivity index (χ1v) is 11.6. The molecule has 34 heavy (non-hydrogen) atoms. The Morgan fingerprint density at radius 3 is 2.76 bits per heavy atom. The summed E-state index contributed by atoms with van der Waals surface area (Å²) in [4.78, 5) is 15.6. The molecule has 1 aromatic carbocycles. The Bertz CT molecular complexity index is 1530. The molecule has 0 saturated heterocycles. The number of aliphatic hydroxyl groups is 1. The zero-order chi connectivity index (χ0) is 24.0. The highest BCUT2D eigenvalue weighted by Gasteiger charge is 2.29. The monoisotopic (exact) mass is 469 g/mol. The molecule has 1 aliphatic heterocycles. The van der Waals surface area contributed by atoms with E-state index >= 15 is 0 Å². The molecule has 0 aliphatic carbocycles. The predicted molar refractivity (Wildman–Crippen MR) is 137 cm³/mol. The standard InChI is InChI=1S/C25H23N7OS/c1-14-7-5-6-8-19(14)32-17(4)21-15(2)12-34-25(21)29-20(32)11-31-24-22(23(26)27-13-28-24)18(30-31)10-9-16(3)33/h5-8,12-13,16,33H,4,11H2,1-3H3,(H2,26,27,28). The summed E-state index contributed by atoms with van der Waals surface area (Å²) in [6.45, 7) is 10.5. The van der Waals surface area contributed by atoms with Crippen LogP contribution in [0.4, 0.5) is 16.5 Å². The van der Waals surface area contributed by atoms with Gasteiger partial charge in [0.05, 0.1) is 16.8 Å². The van der Waals surface area contributed by atoms with Crippen molar-refractivity contribution in [3.63, 3.8) is 0 Å². The van der Waals surface area contributed by atoms with Crippen molar-refractivity contribution < 1.29 is 5.11 Å². The van der Waals surface area contributed by atoms with Crippen LogP contribution < -0.4 is 10.6 Å². The third-order valence-electron chi connectivity index (χ3n) is 5.61. The van der Waals surface area contributed by atoms with Crippen molar-refractivity contribution in [3.8, 4) is 11.8 Å². The number of para-hydroxylation sites is 1. The lowest BCUT2D eigenvalue weighted by atomic mass is 10.1. The summed E-state index contributed by atoms with van der Waals surface area (Å²) in [7, 11) is 0. The molecule has 3 aromatic heterocycles. The molecule has 8 nitrogen and oxygen atoms in total. The Balaban J connectivity index is 1.68. The predicted octanol–water partition coefficient (Wildman–Crippen LogP) is 4.04. The lowest BCUT2D eigenvalue weighted by Gasteiger charge is -2.32. The fourth-order valence-corrected chi connectivity index (χ4v) is 5.00. The van der Waals surface area contributed by atoms with Gasteiger partial charge in [-0.1, -0.05) is 30.7 Å². The lowest BCUT2D eigenvalue weighted by Crippen LogP contribution is -2.35. The van der Waals surface area contributed by atoms with Crippen molar-refractivity contribution in [1.29, 1.82) is 0 Å². The number of benzene rings is 1. The second-order valence-corrected chi connectivity index (χ2v) is 8.96. The summed E-state index contributed by atoms with van der Waals surface area (Å²) in [5.74, 6) is 6.67. The Morgan fingerprint density at radius 2 is 2.00 bits per heavy atom. The van der Waals surface area contributed by atoms with Crippen LogP contribution in [0.3, 0.4) is 0 Å². The van der Waals surface area contributed by atoms with Crippen LogP contribution in [0.1, 0.15) is 29.3 Å². The number of thiophene rings is 1. The third-order valence-corrected chi connectivity index (χ3v) is 6.60. The average Bonchev–Trinajstić information content (AvgIpc) is 3.35. The van der Waals surface area contributed by atoms with Gasteiger partial charge < -0.3 is 10.8 Å². The minimum absolute atomic E-state index is 0.285. The Labute approximate surface area is 201 Å². The van der Waals surface area contributed by atoms with Crippen LogP contribution in [-0.2, 0) is 6.54 Å². The van der Waals surface area contributed by atoms with Gasteiger partial charge in [-0.15, -0.1) is 11.3 Å². The Hall–Kier alpha value is -4.00. The minimum Gasteiger partial charge on any atom is -0.383 e. The number of hydrogen-bond donors (Lipinski definition) is 2. The van der Waals surface area contributed by atoms with Crippen LogP contribution in [0.5, 0.6) is 0 Å². The van der Waals surface area contributed by atoms with Gasteiger partial charge >= 0.3 is 0 Å². The van der Waals surface area contributed by atoms with Gasteiger partial charge in [-0.3, -0.25) is 4.90 Å². The lowest BCUT2D eigenvalue weighted by molar-refractivity contribution is 0.253. The fraction of sp³-hybridized carbons (Fsp3) is 0.200. The van der Waals surface area contributed by atoms with Crippen molar-refractivity contribution in [2.24, 2.45) is 4.99 Å². The highest BCUT2D eigenvalue weighted by Crippen LogP contribution is 2.43. The molecule has 1 aliphatic rings. The van der Waals surface area contributed by atoms with E-state index in [-0.39, 0.29) is 5.82 Å². The Kier molecular flexibility index (Phi) is 5.40. The van der Waals surface area contributed by atoms with E-state index in [0.29, 0.717) is 23.3 Å². The van der Waals surface area contributed by atoms with E-state index in [2.05, 4.69) is 69.7 Å². The summed E-state index contributed by atoms with van der Waals surface area (Å²) in [5.41, 5.74) is 12.3. The first kappa shape index (κ1) is 21.8. The third kappa shape index (κ3) is 3.63. The molecule has 0 spiro atoms. The summed E-state index contributed by atoms with van der Waals surface area (Å²) < 4.78 is 1.72.